The smallest absolute Gasteiger partial charge is 0.267 e. The molecule has 0 radical (unpaired) electrons. The zero-order valence-electron chi connectivity index (χ0n) is 8.41. The maximum Gasteiger partial charge on any atom is 0.414 e. The molecule has 4 nitrogen and oxygen atoms in total. The minimum absolute atomic E-state index is 0.0474. The van der Waals surface area contributed by atoms with E-state index in [0.717, 1.165) is 0 Å². The molecule has 0 unspecified atom stereocenters. The molecule has 0 atom stereocenters. The van der Waals surface area contributed by atoms with E-state index in [2.05, 4.69) is 4.84 Å². The zero-order valence-corrected chi connectivity index (χ0v) is 8.41. The largest absolute Gasteiger partial charge is 0.414 e. The summed E-state index contributed by atoms with van der Waals surface area (Å²) in [7, 11) is 0. The lowest BCUT2D eigenvalue weighted by Crippen LogP contribution is -2.29. The third kappa shape index (κ3) is 4.53. The molecule has 0 aliphatic rings. The number of nitrogens with zero attached hydrogens (tertiary/aromatic N) is 1. The monoisotopic (exact) mass is 244 g/mol. The predicted octanol–water partition coefficient (Wildman–Crippen LogP) is 1.78. The molecule has 0 aliphatic heterocycles. The average Bonchev–Trinajstić information content (AvgIpc) is 2.27. The summed E-state index contributed by atoms with van der Waals surface area (Å²) in [5.74, 6) is -0.841. The molecule has 1 amide bonds. The maximum absolute atomic E-state index is 11.7. The zero-order chi connectivity index (χ0) is 12.9. The van der Waals surface area contributed by atoms with Crippen LogP contribution in [0.5, 0.6) is 0 Å². The highest BCUT2D eigenvalue weighted by Crippen LogP contribution is 2.13. The van der Waals surface area contributed by atoms with Gasteiger partial charge in [0, 0.05) is 5.56 Å². The van der Waals surface area contributed by atoms with Crippen LogP contribution in [0.1, 0.15) is 15.9 Å². The van der Waals surface area contributed by atoms with Crippen LogP contribution < -0.4 is 5.48 Å². The molecule has 0 bridgehead atoms. The Hall–Kier alpha value is -2.07. The van der Waals surface area contributed by atoms with Crippen LogP contribution in [0.3, 0.4) is 0 Å². The number of carbonyl (C=O) groups is 1. The van der Waals surface area contributed by atoms with E-state index >= 15 is 0 Å². The van der Waals surface area contributed by atoms with Crippen LogP contribution in [-0.2, 0) is 4.84 Å². The summed E-state index contributed by atoms with van der Waals surface area (Å²) >= 11 is 0. The van der Waals surface area contributed by atoms with Gasteiger partial charge in [-0.15, -0.1) is 0 Å². The number of halogens is 3. The first-order valence-electron chi connectivity index (χ1n) is 4.41. The molecule has 0 saturated heterocycles. The van der Waals surface area contributed by atoms with Gasteiger partial charge in [-0.25, -0.2) is 5.48 Å². The van der Waals surface area contributed by atoms with E-state index in [9.17, 15) is 18.0 Å². The van der Waals surface area contributed by atoms with Crippen LogP contribution in [0, 0.1) is 11.3 Å². The number of amides is 1. The van der Waals surface area contributed by atoms with E-state index in [0.29, 0.717) is 0 Å². The van der Waals surface area contributed by atoms with Gasteiger partial charge < -0.3 is 0 Å². The molecular weight excluding hydrogens is 237 g/mol. The second kappa shape index (κ2) is 5.32. The predicted molar refractivity (Wildman–Crippen MR) is 50.6 cm³/mol. The summed E-state index contributed by atoms with van der Waals surface area (Å²) in [6.07, 6.45) is -4.51. The topological polar surface area (TPSA) is 62.1 Å². The van der Waals surface area contributed by atoms with E-state index in [1.54, 1.807) is 11.5 Å². The van der Waals surface area contributed by atoms with Crippen molar-refractivity contribution in [2.45, 2.75) is 6.18 Å². The second-order valence-electron chi connectivity index (χ2n) is 3.03. The Labute approximate surface area is 94.6 Å². The number of nitrogens with one attached hydrogen (secondary N) is 1. The number of alkyl halides is 3. The third-order valence-corrected chi connectivity index (χ3v) is 1.65. The van der Waals surface area contributed by atoms with E-state index < -0.39 is 18.7 Å². The van der Waals surface area contributed by atoms with Crippen molar-refractivity contribution in [2.24, 2.45) is 0 Å². The van der Waals surface area contributed by atoms with Gasteiger partial charge in [0.25, 0.3) is 5.91 Å². The van der Waals surface area contributed by atoms with Gasteiger partial charge in [-0.05, 0) is 18.2 Å². The van der Waals surface area contributed by atoms with E-state index in [1.807, 2.05) is 0 Å². The Kier molecular flexibility index (Phi) is 4.06. The minimum atomic E-state index is -4.51. The molecule has 1 aromatic carbocycles. The van der Waals surface area contributed by atoms with Crippen LogP contribution in [0.15, 0.2) is 24.3 Å². The maximum atomic E-state index is 11.7. The first-order valence-corrected chi connectivity index (χ1v) is 4.41. The Morgan fingerprint density at radius 3 is 2.76 bits per heavy atom. The van der Waals surface area contributed by atoms with E-state index in [1.165, 1.54) is 24.3 Å². The first kappa shape index (κ1) is 13.0. The summed E-state index contributed by atoms with van der Waals surface area (Å²) in [6.45, 7) is -1.57. The fourth-order valence-electron chi connectivity index (χ4n) is 0.972. The normalized spacial score (nSPS) is 10.7. The van der Waals surface area contributed by atoms with Crippen LogP contribution in [0.4, 0.5) is 13.2 Å². The molecule has 1 N–H and O–H groups in total. The second-order valence-corrected chi connectivity index (χ2v) is 3.03. The summed E-state index contributed by atoms with van der Waals surface area (Å²) in [5, 5.41) is 8.56. The molecule has 0 spiro atoms. The highest BCUT2D eigenvalue weighted by Gasteiger charge is 2.28. The Balaban J connectivity index is 2.56. The lowest BCUT2D eigenvalue weighted by molar-refractivity contribution is -0.184. The third-order valence-electron chi connectivity index (χ3n) is 1.65. The van der Waals surface area contributed by atoms with Crippen molar-refractivity contribution in [2.75, 3.05) is 6.61 Å². The summed E-state index contributed by atoms with van der Waals surface area (Å²) in [5.41, 5.74) is 1.92. The number of carbonyl (C=O) groups excluding carboxylic acids is 1. The fourth-order valence-corrected chi connectivity index (χ4v) is 0.972. The molecule has 0 aromatic heterocycles. The number of nitriles is 1. The van der Waals surface area contributed by atoms with Crippen molar-refractivity contribution in [1.82, 2.24) is 5.48 Å². The van der Waals surface area contributed by atoms with Gasteiger partial charge in [0.2, 0.25) is 0 Å². The van der Waals surface area contributed by atoms with Gasteiger partial charge in [0.05, 0.1) is 11.6 Å². The highest BCUT2D eigenvalue weighted by atomic mass is 19.4. The number of hydrogen-bond donors (Lipinski definition) is 1. The summed E-state index contributed by atoms with van der Waals surface area (Å²) < 4.78 is 35.1. The molecule has 0 saturated carbocycles. The molecule has 7 heteroatoms. The van der Waals surface area contributed by atoms with Crippen molar-refractivity contribution in [3.05, 3.63) is 35.4 Å². The van der Waals surface area contributed by atoms with Crippen LogP contribution in [0.2, 0.25) is 0 Å². The lowest BCUT2D eigenvalue weighted by Gasteiger charge is -2.08. The number of benzene rings is 1. The molecule has 17 heavy (non-hydrogen) atoms. The standard InChI is InChI=1S/C10H7F3N2O2/c11-10(12,13)6-17-15-9(16)8-3-1-2-7(4-8)5-14/h1-4H,6H2,(H,15,16). The van der Waals surface area contributed by atoms with Crippen LogP contribution in [-0.4, -0.2) is 18.7 Å². The average molecular weight is 244 g/mol. The molecule has 0 heterocycles. The first-order chi connectivity index (χ1) is 7.92. The van der Waals surface area contributed by atoms with Gasteiger partial charge in [-0.2, -0.15) is 18.4 Å². The fraction of sp³-hybridized carbons (Fsp3) is 0.200. The minimum Gasteiger partial charge on any atom is -0.267 e. The van der Waals surface area contributed by atoms with Crippen LogP contribution in [0.25, 0.3) is 0 Å². The van der Waals surface area contributed by atoms with E-state index in [-0.39, 0.29) is 11.1 Å². The van der Waals surface area contributed by atoms with Crippen molar-refractivity contribution >= 4 is 5.91 Å². The molecule has 90 valence electrons. The van der Waals surface area contributed by atoms with Crippen LogP contribution >= 0.6 is 0 Å². The highest BCUT2D eigenvalue weighted by molar-refractivity contribution is 5.93. The van der Waals surface area contributed by atoms with Crippen molar-refractivity contribution in [3.63, 3.8) is 0 Å². The van der Waals surface area contributed by atoms with Gasteiger partial charge >= 0.3 is 6.18 Å². The quantitative estimate of drug-likeness (QED) is 0.824. The van der Waals surface area contributed by atoms with Gasteiger partial charge in [0.1, 0.15) is 0 Å². The molecular formula is C10H7F3N2O2. The van der Waals surface area contributed by atoms with Crippen molar-refractivity contribution in [1.29, 1.82) is 5.26 Å². The number of rotatable bonds is 3. The van der Waals surface area contributed by atoms with Gasteiger partial charge in [-0.1, -0.05) is 6.07 Å². The molecule has 1 rings (SSSR count). The SMILES string of the molecule is N#Cc1cccc(C(=O)NOCC(F)(F)F)c1. The summed E-state index contributed by atoms with van der Waals surface area (Å²) in [4.78, 5) is 15.3. The molecule has 1 aromatic rings. The van der Waals surface area contributed by atoms with Gasteiger partial charge in [0.15, 0.2) is 6.61 Å². The Morgan fingerprint density at radius 2 is 2.18 bits per heavy atom. The van der Waals surface area contributed by atoms with E-state index in [4.69, 9.17) is 5.26 Å². The molecule has 0 fully saturated rings. The van der Waals surface area contributed by atoms with Crippen molar-refractivity contribution < 1.29 is 22.8 Å². The lowest BCUT2D eigenvalue weighted by atomic mass is 10.1. The Bertz CT molecular complexity index is 452. The number of hydrogen-bond acceptors (Lipinski definition) is 3. The number of hydroxylamine groups is 1. The van der Waals surface area contributed by atoms with Crippen molar-refractivity contribution in [3.8, 4) is 6.07 Å². The van der Waals surface area contributed by atoms with Gasteiger partial charge in [-0.3, -0.25) is 9.63 Å². The Morgan fingerprint density at radius 1 is 1.47 bits per heavy atom. The molecule has 0 aliphatic carbocycles. The summed E-state index contributed by atoms with van der Waals surface area (Å²) in [6, 6.07) is 7.31.